The number of amides is 8. The number of hydrogen-bond donors (Lipinski definition) is 4. The summed E-state index contributed by atoms with van der Waals surface area (Å²) in [5.74, 6) is -3.81. The second-order valence-corrected chi connectivity index (χ2v) is 9.95. The highest BCUT2D eigenvalue weighted by atomic mass is 16.5. The largest absolute Gasteiger partial charge is 0.452 e. The van der Waals surface area contributed by atoms with Crippen molar-refractivity contribution in [2.75, 3.05) is 19.6 Å². The van der Waals surface area contributed by atoms with E-state index < -0.39 is 53.1 Å². The quantitative estimate of drug-likeness (QED) is 0.0943. The van der Waals surface area contributed by atoms with Crippen molar-refractivity contribution in [3.63, 3.8) is 0 Å². The molecular formula is C28H35N5O9. The molecule has 8 amide bonds. The Bertz CT molecular complexity index is 1240. The summed E-state index contributed by atoms with van der Waals surface area (Å²) in [4.78, 5) is 97.8. The van der Waals surface area contributed by atoms with Gasteiger partial charge in [0.1, 0.15) is 0 Å². The van der Waals surface area contributed by atoms with Crippen LogP contribution in [0.1, 0.15) is 63.9 Å². The van der Waals surface area contributed by atoms with Gasteiger partial charge in [0, 0.05) is 32.5 Å². The van der Waals surface area contributed by atoms with E-state index in [9.17, 15) is 38.4 Å². The van der Waals surface area contributed by atoms with Gasteiger partial charge in [0.15, 0.2) is 11.5 Å². The second kappa shape index (κ2) is 14.8. The van der Waals surface area contributed by atoms with Gasteiger partial charge in [0.2, 0.25) is 23.6 Å². The smallest absolute Gasteiger partial charge is 0.330 e. The van der Waals surface area contributed by atoms with Crippen molar-refractivity contribution in [1.82, 2.24) is 26.2 Å². The van der Waals surface area contributed by atoms with Crippen molar-refractivity contribution in [1.29, 1.82) is 0 Å². The summed E-state index contributed by atoms with van der Waals surface area (Å²) in [5.41, 5.74) is -0.973. The molecule has 3 rings (SSSR count). The van der Waals surface area contributed by atoms with Gasteiger partial charge in [-0.3, -0.25) is 49.1 Å². The van der Waals surface area contributed by atoms with Crippen LogP contribution in [-0.2, 0) is 43.7 Å². The molecule has 2 fully saturated rings. The molecule has 2 saturated heterocycles. The number of ether oxygens (including phenoxy) is 1. The van der Waals surface area contributed by atoms with E-state index in [-0.39, 0.29) is 51.1 Å². The van der Waals surface area contributed by atoms with Crippen LogP contribution in [0.4, 0.5) is 4.79 Å². The topological polar surface area (TPSA) is 197 Å². The van der Waals surface area contributed by atoms with Crippen LogP contribution in [0.2, 0.25) is 0 Å². The molecule has 4 N–H and O–H groups in total. The molecule has 1 aromatic rings. The molecule has 14 heteroatoms. The molecule has 42 heavy (non-hydrogen) atoms. The van der Waals surface area contributed by atoms with E-state index in [0.29, 0.717) is 31.4 Å². The van der Waals surface area contributed by atoms with E-state index in [1.165, 1.54) is 0 Å². The number of hydrogen-bond acceptors (Lipinski definition) is 9. The van der Waals surface area contributed by atoms with Crippen LogP contribution in [0, 0.1) is 0 Å². The molecule has 0 spiro atoms. The second-order valence-electron chi connectivity index (χ2n) is 9.95. The molecule has 14 nitrogen and oxygen atoms in total. The third-order valence-electron chi connectivity index (χ3n) is 7.05. The van der Waals surface area contributed by atoms with Crippen LogP contribution in [0.5, 0.6) is 0 Å². The fourth-order valence-electron chi connectivity index (χ4n) is 4.72. The Balaban J connectivity index is 1.28. The number of rotatable bonds is 15. The van der Waals surface area contributed by atoms with Gasteiger partial charge in [-0.1, -0.05) is 37.3 Å². The SMILES string of the molecule is CCC1(c2ccccc2)C(=O)NC(=O)N(CCCCC(=O)NCCCNC(=O)CCC(=O)OC2CC(=O)NC2=O)C1=O. The third-order valence-corrected chi connectivity index (χ3v) is 7.05. The van der Waals surface area contributed by atoms with Gasteiger partial charge in [-0.2, -0.15) is 0 Å². The number of unbranched alkanes of at least 4 members (excludes halogenated alkanes) is 1. The molecule has 2 heterocycles. The minimum Gasteiger partial charge on any atom is -0.452 e. The van der Waals surface area contributed by atoms with Crippen molar-refractivity contribution >= 4 is 47.4 Å². The average Bonchev–Trinajstić information content (AvgIpc) is 3.27. The summed E-state index contributed by atoms with van der Waals surface area (Å²) in [6, 6.07) is 7.83. The number of carbonyl (C=O) groups excluding carboxylic acids is 8. The van der Waals surface area contributed by atoms with Crippen LogP contribution >= 0.6 is 0 Å². The molecule has 0 saturated carbocycles. The van der Waals surface area contributed by atoms with Crippen LogP contribution in [0.15, 0.2) is 30.3 Å². The summed E-state index contributed by atoms with van der Waals surface area (Å²) in [6.45, 7) is 2.34. The number of esters is 1. The van der Waals surface area contributed by atoms with Crippen LogP contribution in [0.3, 0.4) is 0 Å². The Kier molecular flexibility index (Phi) is 11.3. The number of carbonyl (C=O) groups is 8. The van der Waals surface area contributed by atoms with E-state index in [1.807, 2.05) is 5.32 Å². The highest BCUT2D eigenvalue weighted by Gasteiger charge is 2.53. The Hall–Kier alpha value is -4.62. The highest BCUT2D eigenvalue weighted by molar-refractivity contribution is 6.22. The van der Waals surface area contributed by atoms with Crippen LogP contribution in [-0.4, -0.2) is 78.1 Å². The van der Waals surface area contributed by atoms with Gasteiger partial charge in [-0.05, 0) is 31.2 Å². The molecule has 2 aliphatic heterocycles. The first-order valence-electron chi connectivity index (χ1n) is 13.9. The zero-order chi connectivity index (χ0) is 30.7. The fraction of sp³-hybridized carbons (Fsp3) is 0.500. The van der Waals surface area contributed by atoms with Crippen molar-refractivity contribution in [2.45, 2.75) is 69.8 Å². The van der Waals surface area contributed by atoms with Gasteiger partial charge < -0.3 is 15.4 Å². The lowest BCUT2D eigenvalue weighted by molar-refractivity contribution is -0.154. The minimum atomic E-state index is -1.49. The zero-order valence-electron chi connectivity index (χ0n) is 23.4. The normalized spacial score (nSPS) is 20.2. The molecule has 0 bridgehead atoms. The van der Waals surface area contributed by atoms with Crippen molar-refractivity contribution in [3.8, 4) is 0 Å². The van der Waals surface area contributed by atoms with Crippen LogP contribution < -0.4 is 21.3 Å². The van der Waals surface area contributed by atoms with Gasteiger partial charge in [-0.25, -0.2) is 4.79 Å². The Morgan fingerprint density at radius 3 is 2.19 bits per heavy atom. The fourth-order valence-corrected chi connectivity index (χ4v) is 4.72. The van der Waals surface area contributed by atoms with E-state index in [4.69, 9.17) is 4.74 Å². The lowest BCUT2D eigenvalue weighted by Crippen LogP contribution is -2.65. The standard InChI is InChI=1S/C28H35N5O9/c1-2-28(18-9-4-3-5-10-18)25(39)32-27(41)33(26(28)40)16-7-6-11-20(34)29-14-8-15-30-21(35)12-13-23(37)42-19-17-22(36)31-24(19)38/h3-5,9-10,19H,2,6-8,11-17H2,1H3,(H,29,34)(H,30,35)(H,31,36,38)(H,32,39,41). The molecule has 226 valence electrons. The summed E-state index contributed by atoms with van der Waals surface area (Å²) in [7, 11) is 0. The van der Waals surface area contributed by atoms with Gasteiger partial charge in [0.25, 0.3) is 11.8 Å². The maximum absolute atomic E-state index is 13.3. The van der Waals surface area contributed by atoms with Crippen LogP contribution in [0.25, 0.3) is 0 Å². The minimum absolute atomic E-state index is 0.0609. The van der Waals surface area contributed by atoms with Gasteiger partial charge in [-0.15, -0.1) is 0 Å². The first kappa shape index (κ1) is 31.9. The lowest BCUT2D eigenvalue weighted by atomic mass is 9.74. The Labute approximate surface area is 242 Å². The summed E-state index contributed by atoms with van der Waals surface area (Å²) in [6.07, 6.45) is -0.203. The van der Waals surface area contributed by atoms with E-state index in [1.54, 1.807) is 37.3 Å². The molecular weight excluding hydrogens is 550 g/mol. The first-order valence-corrected chi connectivity index (χ1v) is 13.9. The van der Waals surface area contributed by atoms with Crippen molar-refractivity contribution < 1.29 is 43.1 Å². The summed E-state index contributed by atoms with van der Waals surface area (Å²) < 4.78 is 4.88. The lowest BCUT2D eigenvalue weighted by Gasteiger charge is -2.39. The third kappa shape index (κ3) is 7.98. The highest BCUT2D eigenvalue weighted by Crippen LogP contribution is 2.33. The maximum Gasteiger partial charge on any atom is 0.330 e. The number of benzene rings is 1. The van der Waals surface area contributed by atoms with Crippen molar-refractivity contribution in [2.24, 2.45) is 0 Å². The molecule has 0 aliphatic carbocycles. The number of barbiturate groups is 1. The predicted octanol–water partition coefficient (Wildman–Crippen LogP) is -0.0559. The van der Waals surface area contributed by atoms with E-state index in [2.05, 4.69) is 16.0 Å². The molecule has 2 aliphatic rings. The number of urea groups is 1. The first-order chi connectivity index (χ1) is 20.1. The Morgan fingerprint density at radius 1 is 0.905 bits per heavy atom. The summed E-state index contributed by atoms with van der Waals surface area (Å²) >= 11 is 0. The predicted molar refractivity (Wildman–Crippen MR) is 145 cm³/mol. The van der Waals surface area contributed by atoms with E-state index in [0.717, 1.165) is 4.90 Å². The molecule has 2 atom stereocenters. The summed E-state index contributed by atoms with van der Waals surface area (Å²) in [5, 5.41) is 9.66. The molecule has 2 unspecified atom stereocenters. The average molecular weight is 586 g/mol. The molecule has 0 aromatic heterocycles. The Morgan fingerprint density at radius 2 is 1.57 bits per heavy atom. The molecule has 1 aromatic carbocycles. The number of imide groups is 3. The zero-order valence-corrected chi connectivity index (χ0v) is 23.4. The monoisotopic (exact) mass is 585 g/mol. The number of nitrogens with one attached hydrogen (secondary N) is 4. The van der Waals surface area contributed by atoms with E-state index >= 15 is 0 Å². The van der Waals surface area contributed by atoms with Gasteiger partial charge >= 0.3 is 12.0 Å². The van der Waals surface area contributed by atoms with Gasteiger partial charge in [0.05, 0.1) is 12.8 Å². The van der Waals surface area contributed by atoms with Crippen molar-refractivity contribution in [3.05, 3.63) is 35.9 Å². The molecule has 0 radical (unpaired) electrons. The number of nitrogens with zero attached hydrogens (tertiary/aromatic N) is 1. The maximum atomic E-state index is 13.3.